The molecule has 0 saturated carbocycles. The standard InChI is InChI=1S/C2H8O2P2/c5-1-3-4-2-6/h1-2,5-6H2. The Hall–Kier alpha value is 0.780. The molecular formula is C2H8O2P2. The molecule has 2 unspecified atom stereocenters. The molecule has 0 aromatic carbocycles. The summed E-state index contributed by atoms with van der Waals surface area (Å²) in [5.74, 6) is 0. The van der Waals surface area contributed by atoms with Crippen LogP contribution in [-0.2, 0) is 9.78 Å². The fourth-order valence-corrected chi connectivity index (χ4v) is 0.289. The van der Waals surface area contributed by atoms with Crippen LogP contribution in [0.1, 0.15) is 0 Å². The molecule has 4 heteroatoms. The van der Waals surface area contributed by atoms with Crippen LogP contribution in [0.4, 0.5) is 0 Å². The second-order valence-corrected chi connectivity index (χ2v) is 1.24. The molecule has 0 saturated heterocycles. The van der Waals surface area contributed by atoms with Gasteiger partial charge in [-0.15, -0.1) is 18.5 Å². The summed E-state index contributed by atoms with van der Waals surface area (Å²) in [6.45, 7) is 0. The van der Waals surface area contributed by atoms with Crippen molar-refractivity contribution < 1.29 is 9.78 Å². The highest BCUT2D eigenvalue weighted by Gasteiger charge is 1.71. The summed E-state index contributed by atoms with van der Waals surface area (Å²) >= 11 is 0. The Morgan fingerprint density at radius 2 is 1.33 bits per heavy atom. The third-order valence-electron chi connectivity index (χ3n) is 0.219. The van der Waals surface area contributed by atoms with Crippen LogP contribution in [0.3, 0.4) is 0 Å². The maximum absolute atomic E-state index is 4.42. The van der Waals surface area contributed by atoms with Crippen LogP contribution >= 0.6 is 18.5 Å². The van der Waals surface area contributed by atoms with Gasteiger partial charge < -0.3 is 0 Å². The maximum atomic E-state index is 4.42. The van der Waals surface area contributed by atoms with Crippen molar-refractivity contribution in [1.82, 2.24) is 0 Å². The lowest BCUT2D eigenvalue weighted by molar-refractivity contribution is -0.262. The van der Waals surface area contributed by atoms with Gasteiger partial charge >= 0.3 is 0 Å². The minimum absolute atomic E-state index is 0.536. The van der Waals surface area contributed by atoms with Crippen molar-refractivity contribution in [3.63, 3.8) is 0 Å². The lowest BCUT2D eigenvalue weighted by atomic mass is 11.7. The molecule has 2 atom stereocenters. The zero-order chi connectivity index (χ0) is 4.83. The molecule has 0 heterocycles. The lowest BCUT2D eigenvalue weighted by Gasteiger charge is -1.92. The van der Waals surface area contributed by atoms with E-state index < -0.39 is 0 Å². The van der Waals surface area contributed by atoms with Crippen LogP contribution in [0.2, 0.25) is 0 Å². The highest BCUT2D eigenvalue weighted by Crippen LogP contribution is 1.87. The van der Waals surface area contributed by atoms with Crippen LogP contribution in [0.5, 0.6) is 0 Å². The fourth-order valence-electron chi connectivity index (χ4n) is 0.0962. The van der Waals surface area contributed by atoms with E-state index in [-0.39, 0.29) is 0 Å². The van der Waals surface area contributed by atoms with Crippen LogP contribution in [0, 0.1) is 0 Å². The van der Waals surface area contributed by atoms with Crippen LogP contribution in [0.25, 0.3) is 0 Å². The van der Waals surface area contributed by atoms with Crippen molar-refractivity contribution in [2.75, 3.05) is 12.7 Å². The number of hydrogen-bond donors (Lipinski definition) is 0. The molecule has 0 aliphatic carbocycles. The second-order valence-electron chi connectivity index (χ2n) is 0.569. The summed E-state index contributed by atoms with van der Waals surface area (Å²) in [6, 6.07) is 0. The van der Waals surface area contributed by atoms with Crippen molar-refractivity contribution >= 4 is 18.5 Å². The molecule has 0 rings (SSSR count). The van der Waals surface area contributed by atoms with Gasteiger partial charge in [0, 0.05) is 0 Å². The van der Waals surface area contributed by atoms with Gasteiger partial charge in [-0.2, -0.15) is 0 Å². The van der Waals surface area contributed by atoms with Gasteiger partial charge in [0.25, 0.3) is 0 Å². The van der Waals surface area contributed by atoms with Crippen LogP contribution in [-0.4, -0.2) is 12.7 Å². The predicted octanol–water partition coefficient (Wildman–Crippen LogP) is 0.600. The van der Waals surface area contributed by atoms with Crippen molar-refractivity contribution in [3.05, 3.63) is 0 Å². The van der Waals surface area contributed by atoms with E-state index in [9.17, 15) is 0 Å². The third kappa shape index (κ3) is 4.78. The Morgan fingerprint density at radius 1 is 1.00 bits per heavy atom. The van der Waals surface area contributed by atoms with Gasteiger partial charge in [-0.1, -0.05) is 0 Å². The molecule has 0 aromatic heterocycles. The largest absolute Gasteiger partial charge is 0.232 e. The molecule has 6 heavy (non-hydrogen) atoms. The fraction of sp³-hybridized carbons (Fsp3) is 1.00. The minimum Gasteiger partial charge on any atom is -0.232 e. The molecule has 0 aromatic rings. The van der Waals surface area contributed by atoms with E-state index >= 15 is 0 Å². The van der Waals surface area contributed by atoms with E-state index in [2.05, 4.69) is 28.3 Å². The molecule has 0 bridgehead atoms. The highest BCUT2D eigenvalue weighted by atomic mass is 31.0. The Labute approximate surface area is 41.9 Å². The van der Waals surface area contributed by atoms with Gasteiger partial charge in [-0.25, -0.2) is 9.78 Å². The molecule has 0 radical (unpaired) electrons. The van der Waals surface area contributed by atoms with Gasteiger partial charge in [-0.3, -0.25) is 0 Å². The molecule has 0 N–H and O–H groups in total. The van der Waals surface area contributed by atoms with Crippen molar-refractivity contribution in [2.24, 2.45) is 0 Å². The Kier molecular flexibility index (Phi) is 6.53. The molecule has 0 amide bonds. The van der Waals surface area contributed by atoms with Gasteiger partial charge in [0.1, 0.15) is 0 Å². The van der Waals surface area contributed by atoms with Gasteiger partial charge in [-0.05, 0) is 0 Å². The quantitative estimate of drug-likeness (QED) is 0.238. The zero-order valence-corrected chi connectivity index (χ0v) is 5.69. The molecule has 0 aliphatic rings. The molecular weight excluding hydrogens is 118 g/mol. The van der Waals surface area contributed by atoms with Gasteiger partial charge in [0.2, 0.25) is 0 Å². The average molecular weight is 126 g/mol. The van der Waals surface area contributed by atoms with E-state index in [0.29, 0.717) is 12.7 Å². The number of rotatable bonds is 3. The smallest absolute Gasteiger partial charge is 0.0956 e. The van der Waals surface area contributed by atoms with E-state index in [1.54, 1.807) is 0 Å². The molecule has 38 valence electrons. The van der Waals surface area contributed by atoms with E-state index in [0.717, 1.165) is 0 Å². The highest BCUT2D eigenvalue weighted by molar-refractivity contribution is 7.16. The Morgan fingerprint density at radius 3 is 1.50 bits per heavy atom. The summed E-state index contributed by atoms with van der Waals surface area (Å²) in [5.41, 5.74) is 0. The van der Waals surface area contributed by atoms with Crippen molar-refractivity contribution in [2.45, 2.75) is 0 Å². The summed E-state index contributed by atoms with van der Waals surface area (Å²) in [4.78, 5) is 8.85. The van der Waals surface area contributed by atoms with E-state index in [1.807, 2.05) is 0 Å². The monoisotopic (exact) mass is 126 g/mol. The first-order valence-corrected chi connectivity index (χ1v) is 3.19. The zero-order valence-electron chi connectivity index (χ0n) is 3.39. The topological polar surface area (TPSA) is 18.5 Å². The summed E-state index contributed by atoms with van der Waals surface area (Å²) < 4.78 is 0. The predicted molar refractivity (Wildman–Crippen MR) is 31.3 cm³/mol. The Balaban J connectivity index is 2.34. The van der Waals surface area contributed by atoms with Gasteiger partial charge in [0.05, 0.1) is 12.7 Å². The van der Waals surface area contributed by atoms with E-state index in [1.165, 1.54) is 0 Å². The lowest BCUT2D eigenvalue weighted by Crippen LogP contribution is -1.85. The van der Waals surface area contributed by atoms with Gasteiger partial charge in [0.15, 0.2) is 0 Å². The minimum atomic E-state index is 0.536. The average Bonchev–Trinajstić information content (AvgIpc) is 1.61. The maximum Gasteiger partial charge on any atom is 0.0956 e. The van der Waals surface area contributed by atoms with Crippen molar-refractivity contribution in [1.29, 1.82) is 0 Å². The number of hydrogen-bond acceptors (Lipinski definition) is 2. The van der Waals surface area contributed by atoms with E-state index in [4.69, 9.17) is 0 Å². The first kappa shape index (κ1) is 6.78. The normalized spacial score (nSPS) is 9.00. The Bertz CT molecular complexity index is 21.5. The van der Waals surface area contributed by atoms with Crippen LogP contribution < -0.4 is 0 Å². The molecule has 0 aliphatic heterocycles. The van der Waals surface area contributed by atoms with Crippen molar-refractivity contribution in [3.8, 4) is 0 Å². The third-order valence-corrected chi connectivity index (χ3v) is 0.492. The molecule has 0 fully saturated rings. The van der Waals surface area contributed by atoms with Crippen LogP contribution in [0.15, 0.2) is 0 Å². The first-order chi connectivity index (χ1) is 2.91. The molecule has 2 nitrogen and oxygen atoms in total. The summed E-state index contributed by atoms with van der Waals surface area (Å²) in [5, 5.41) is 0. The SMILES string of the molecule is PCOOCP. The second kappa shape index (κ2) is 5.78. The molecule has 0 spiro atoms. The summed E-state index contributed by atoms with van der Waals surface area (Å²) in [6.07, 6.45) is 1.07. The summed E-state index contributed by atoms with van der Waals surface area (Å²) in [7, 11) is 4.74. The first-order valence-electron chi connectivity index (χ1n) is 1.56.